The molecule has 10 heteroatoms. The van der Waals surface area contributed by atoms with Gasteiger partial charge in [-0.25, -0.2) is 0 Å². The largest absolute Gasteiger partial charge is 0.432 e. The van der Waals surface area contributed by atoms with Crippen LogP contribution in [0.4, 0.5) is 17.1 Å². The second-order valence-electron chi connectivity index (χ2n) is 16.4. The van der Waals surface area contributed by atoms with Crippen molar-refractivity contribution < 1.29 is 29.0 Å². The lowest BCUT2D eigenvalue weighted by Crippen LogP contribution is -2.46. The van der Waals surface area contributed by atoms with E-state index in [0.29, 0.717) is 35.6 Å². The zero-order chi connectivity index (χ0) is 39.9. The molecule has 7 rings (SSSR count). The lowest BCUT2D eigenvalue weighted by Gasteiger charge is -2.33. The van der Waals surface area contributed by atoms with E-state index in [-0.39, 0.29) is 37.3 Å². The Kier molecular flexibility index (Phi) is 10.9. The number of carbonyl (C=O) groups is 3. The predicted octanol–water partition coefficient (Wildman–Crippen LogP) is 8.38. The minimum Gasteiger partial charge on any atom is -0.432 e. The summed E-state index contributed by atoms with van der Waals surface area (Å²) < 4.78 is 7.08. The molecule has 3 heterocycles. The number of amides is 3. The fourth-order valence-electron chi connectivity index (χ4n) is 9.21. The summed E-state index contributed by atoms with van der Waals surface area (Å²) in [5.74, 6) is -1.11. The highest BCUT2D eigenvalue weighted by atomic mass is 28.4. The molecule has 3 amide bonds. The van der Waals surface area contributed by atoms with Gasteiger partial charge in [0.25, 0.3) is 11.8 Å². The van der Waals surface area contributed by atoms with E-state index in [2.05, 4.69) is 32.9 Å². The van der Waals surface area contributed by atoms with Crippen LogP contribution in [-0.2, 0) is 26.5 Å². The number of nitrogens with zero attached hydrogens (tertiary/aromatic N) is 3. The summed E-state index contributed by atoms with van der Waals surface area (Å²) >= 11 is 0. The Bertz CT molecular complexity index is 2220. The Morgan fingerprint density at radius 3 is 2.38 bits per heavy atom. The molecule has 3 aliphatic heterocycles. The van der Waals surface area contributed by atoms with Gasteiger partial charge >= 0.3 is 0 Å². The second-order valence-corrected chi connectivity index (χ2v) is 20.4. The van der Waals surface area contributed by atoms with E-state index in [9.17, 15) is 19.5 Å². The van der Waals surface area contributed by atoms with Crippen molar-refractivity contribution in [3.8, 4) is 0 Å². The van der Waals surface area contributed by atoms with Gasteiger partial charge in [0.15, 0.2) is 13.9 Å². The molecule has 56 heavy (non-hydrogen) atoms. The van der Waals surface area contributed by atoms with Gasteiger partial charge in [0.05, 0.1) is 36.1 Å². The van der Waals surface area contributed by atoms with E-state index in [1.165, 1.54) is 5.57 Å². The minimum atomic E-state index is -3.09. The minimum absolute atomic E-state index is 0.0613. The number of fused-ring (bicyclic) bond motifs is 2. The average molecular weight is 772 g/mol. The first-order valence-corrected chi connectivity index (χ1v) is 22.7. The van der Waals surface area contributed by atoms with Gasteiger partial charge in [-0.2, -0.15) is 0 Å². The highest BCUT2D eigenvalue weighted by molar-refractivity contribution is 6.71. The molecule has 0 bridgehead atoms. The maximum absolute atomic E-state index is 15.2. The van der Waals surface area contributed by atoms with Gasteiger partial charge in [-0.3, -0.25) is 19.3 Å². The number of carbonyl (C=O) groups excluding carboxylic acids is 3. The summed E-state index contributed by atoms with van der Waals surface area (Å²) in [6.07, 6.45) is 5.24. The third-order valence-electron chi connectivity index (χ3n) is 11.8. The molecule has 292 valence electrons. The van der Waals surface area contributed by atoms with Crippen molar-refractivity contribution in [1.29, 1.82) is 0 Å². The number of ether oxygens (including phenoxy) is 1. The number of benzene rings is 4. The van der Waals surface area contributed by atoms with Gasteiger partial charge in [0.2, 0.25) is 5.91 Å². The van der Waals surface area contributed by atoms with Crippen molar-refractivity contribution in [2.75, 3.05) is 29.5 Å². The Morgan fingerprint density at radius 1 is 0.946 bits per heavy atom. The third-order valence-corrected chi connectivity index (χ3v) is 14.3. The molecular weight excluding hydrogens is 719 g/mol. The van der Waals surface area contributed by atoms with Gasteiger partial charge in [-0.05, 0) is 88.0 Å². The van der Waals surface area contributed by atoms with E-state index in [0.717, 1.165) is 40.4 Å². The van der Waals surface area contributed by atoms with Gasteiger partial charge < -0.3 is 24.4 Å². The molecule has 3 aliphatic rings. The SMILES string of the molecule is CC(C)=CCC/C(C)=C/CN1C(=O)[C@]2(O[C@H](CC(=O)N(CCO)Cc3ccccc3)[C@@H]([Si](C)(C)O)[C@@H]2C)c2cc(N3C(=O)c4cccc5cccc3c45)ccc21. The normalized spacial score (nSPS) is 21.7. The molecule has 0 unspecified atom stereocenters. The Labute approximate surface area is 331 Å². The molecule has 0 saturated carbocycles. The van der Waals surface area contributed by atoms with Crippen molar-refractivity contribution in [3.05, 3.63) is 125 Å². The molecule has 9 nitrogen and oxygen atoms in total. The van der Waals surface area contributed by atoms with Crippen LogP contribution in [-0.4, -0.2) is 66.6 Å². The van der Waals surface area contributed by atoms with Gasteiger partial charge in [0, 0.05) is 47.7 Å². The Balaban J connectivity index is 1.30. The monoisotopic (exact) mass is 771 g/mol. The molecule has 0 radical (unpaired) electrons. The number of hydrogen-bond donors (Lipinski definition) is 2. The zero-order valence-corrected chi connectivity index (χ0v) is 34.3. The lowest BCUT2D eigenvalue weighted by molar-refractivity contribution is -0.149. The smallest absolute Gasteiger partial charge is 0.264 e. The van der Waals surface area contributed by atoms with E-state index >= 15 is 4.79 Å². The van der Waals surface area contributed by atoms with Gasteiger partial charge in [-0.1, -0.05) is 84.8 Å². The fourth-order valence-corrected chi connectivity index (χ4v) is 11.8. The quantitative estimate of drug-likeness (QED) is 0.104. The molecule has 1 saturated heterocycles. The first-order valence-electron chi connectivity index (χ1n) is 19.7. The molecular formula is C46H53N3O6Si. The summed E-state index contributed by atoms with van der Waals surface area (Å²) in [4.78, 5) is 60.5. The number of aliphatic hydroxyl groups excluding tert-OH is 1. The maximum Gasteiger partial charge on any atom is 0.264 e. The predicted molar refractivity (Wildman–Crippen MR) is 224 cm³/mol. The van der Waals surface area contributed by atoms with Crippen LogP contribution in [0.1, 0.15) is 68.4 Å². The van der Waals surface area contributed by atoms with Crippen molar-refractivity contribution in [3.63, 3.8) is 0 Å². The maximum atomic E-state index is 15.2. The topological polar surface area (TPSA) is 111 Å². The van der Waals surface area contributed by atoms with Crippen LogP contribution in [0.15, 0.2) is 108 Å². The molecule has 4 atom stereocenters. The van der Waals surface area contributed by atoms with Crippen LogP contribution in [0, 0.1) is 5.92 Å². The first-order chi connectivity index (χ1) is 26.8. The number of anilines is 3. The fraction of sp³-hybridized carbons (Fsp3) is 0.370. The van der Waals surface area contributed by atoms with Crippen molar-refractivity contribution >= 4 is 53.9 Å². The Hall–Kier alpha value is -4.87. The molecule has 1 fully saturated rings. The zero-order valence-electron chi connectivity index (χ0n) is 33.3. The number of aliphatic hydroxyl groups is 1. The van der Waals surface area contributed by atoms with Gasteiger partial charge in [0.1, 0.15) is 0 Å². The van der Waals surface area contributed by atoms with Crippen LogP contribution >= 0.6 is 0 Å². The van der Waals surface area contributed by atoms with E-state index in [1.807, 2.05) is 105 Å². The second kappa shape index (κ2) is 15.6. The van der Waals surface area contributed by atoms with Crippen LogP contribution in [0.2, 0.25) is 18.6 Å². The summed E-state index contributed by atoms with van der Waals surface area (Å²) in [6.45, 7) is 12.5. The molecule has 0 aromatic heterocycles. The third kappa shape index (κ3) is 7.04. The first kappa shape index (κ1) is 39.4. The van der Waals surface area contributed by atoms with Crippen molar-refractivity contribution in [2.24, 2.45) is 5.92 Å². The number of allylic oxidation sites excluding steroid dienone is 3. The highest BCUT2D eigenvalue weighted by Gasteiger charge is 2.66. The lowest BCUT2D eigenvalue weighted by atomic mass is 9.82. The van der Waals surface area contributed by atoms with Crippen molar-refractivity contribution in [1.82, 2.24) is 4.90 Å². The summed E-state index contributed by atoms with van der Waals surface area (Å²) in [6, 6.07) is 27.0. The standard InChI is InChI=1S/C46H53N3O6Si/c1-30(2)13-10-14-31(3)23-24-48-38-22-21-35(49-39-20-12-18-34-17-11-19-36(42(34)39)44(49)52)27-37(38)46(45(48)53)32(4)43(56(5,6)54)40(55-46)28-41(51)47(25-26-50)29-33-15-8-7-9-16-33/h7-9,11-13,15-23,27,32,40,43,50,54H,10,14,24-26,28-29H2,1-6H3/b31-23+/t32-,40+,43-,46+/m0/s1. The summed E-state index contributed by atoms with van der Waals surface area (Å²) in [7, 11) is -3.09. The Morgan fingerprint density at radius 2 is 1.68 bits per heavy atom. The number of hydrogen-bond acceptors (Lipinski definition) is 6. The van der Waals surface area contributed by atoms with Crippen LogP contribution < -0.4 is 9.80 Å². The molecule has 4 aromatic rings. The van der Waals surface area contributed by atoms with Gasteiger partial charge in [-0.15, -0.1) is 0 Å². The summed E-state index contributed by atoms with van der Waals surface area (Å²) in [5.41, 5.74) is 4.71. The molecule has 4 aromatic carbocycles. The molecule has 0 aliphatic carbocycles. The molecule has 1 spiro atoms. The van der Waals surface area contributed by atoms with E-state index < -0.39 is 31.5 Å². The van der Waals surface area contributed by atoms with E-state index in [4.69, 9.17) is 4.74 Å². The highest BCUT2D eigenvalue weighted by Crippen LogP contribution is 2.60. The number of rotatable bonds is 13. The van der Waals surface area contributed by atoms with Crippen LogP contribution in [0.3, 0.4) is 0 Å². The van der Waals surface area contributed by atoms with E-state index in [1.54, 1.807) is 14.7 Å². The van der Waals surface area contributed by atoms with Crippen LogP contribution in [0.25, 0.3) is 10.8 Å². The summed E-state index contributed by atoms with van der Waals surface area (Å²) in [5, 5.41) is 11.8. The average Bonchev–Trinajstić information content (AvgIpc) is 3.71. The van der Waals surface area contributed by atoms with Crippen molar-refractivity contribution in [2.45, 2.75) is 83.8 Å². The molecule has 2 N–H and O–H groups in total. The van der Waals surface area contributed by atoms with Crippen LogP contribution in [0.5, 0.6) is 0 Å².